The molecular weight excluding hydrogens is 367 g/mol. The maximum atomic E-state index is 12.9. The molecule has 0 bridgehead atoms. The second-order valence-electron chi connectivity index (χ2n) is 6.41. The molecule has 0 saturated carbocycles. The van der Waals surface area contributed by atoms with Crippen molar-refractivity contribution in [3.63, 3.8) is 0 Å². The molecule has 0 saturated heterocycles. The SMILES string of the molecule is Cc1ccc(-c2nc3ncccc3n2OCc2cccc(C(F)(F)F)c2)cc1. The topological polar surface area (TPSA) is 39.9 Å². The van der Waals surface area contributed by atoms with Gasteiger partial charge in [0.25, 0.3) is 0 Å². The van der Waals surface area contributed by atoms with Gasteiger partial charge in [0, 0.05) is 11.8 Å². The summed E-state index contributed by atoms with van der Waals surface area (Å²) in [5.74, 6) is 0.542. The smallest absolute Gasteiger partial charge is 0.407 e. The van der Waals surface area contributed by atoms with Crippen LogP contribution in [0.15, 0.2) is 66.9 Å². The van der Waals surface area contributed by atoms with Crippen molar-refractivity contribution in [3.8, 4) is 11.4 Å². The first-order valence-corrected chi connectivity index (χ1v) is 8.62. The number of imidazole rings is 1. The van der Waals surface area contributed by atoms with Crippen molar-refractivity contribution in [2.75, 3.05) is 0 Å². The highest BCUT2D eigenvalue weighted by Gasteiger charge is 2.30. The summed E-state index contributed by atoms with van der Waals surface area (Å²) in [7, 11) is 0. The maximum absolute atomic E-state index is 12.9. The van der Waals surface area contributed by atoms with Gasteiger partial charge in [0.2, 0.25) is 0 Å². The zero-order valence-corrected chi connectivity index (χ0v) is 14.9. The van der Waals surface area contributed by atoms with E-state index in [2.05, 4.69) is 9.97 Å². The van der Waals surface area contributed by atoms with E-state index in [0.717, 1.165) is 23.3 Å². The second-order valence-corrected chi connectivity index (χ2v) is 6.41. The molecule has 0 atom stereocenters. The van der Waals surface area contributed by atoms with Crippen LogP contribution in [0.3, 0.4) is 0 Å². The molecule has 0 amide bonds. The van der Waals surface area contributed by atoms with Gasteiger partial charge >= 0.3 is 6.18 Å². The van der Waals surface area contributed by atoms with Crippen molar-refractivity contribution >= 4 is 11.2 Å². The lowest BCUT2D eigenvalue weighted by molar-refractivity contribution is -0.137. The number of halogens is 3. The van der Waals surface area contributed by atoms with Gasteiger partial charge in [-0.1, -0.05) is 42.0 Å². The lowest BCUT2D eigenvalue weighted by atomic mass is 10.1. The summed E-state index contributed by atoms with van der Waals surface area (Å²) < 4.78 is 40.4. The molecule has 28 heavy (non-hydrogen) atoms. The molecule has 2 aromatic heterocycles. The number of benzene rings is 2. The molecule has 4 aromatic rings. The molecule has 0 aliphatic rings. The highest BCUT2D eigenvalue weighted by atomic mass is 19.4. The maximum Gasteiger partial charge on any atom is 0.416 e. The third-order valence-corrected chi connectivity index (χ3v) is 4.31. The van der Waals surface area contributed by atoms with Gasteiger partial charge in [0.15, 0.2) is 11.5 Å². The highest BCUT2D eigenvalue weighted by Crippen LogP contribution is 2.30. The number of hydrogen-bond donors (Lipinski definition) is 0. The Hall–Kier alpha value is -3.35. The monoisotopic (exact) mass is 383 g/mol. The Labute approximate surface area is 159 Å². The predicted octanol–water partition coefficient (Wildman–Crippen LogP) is 5.05. The first kappa shape index (κ1) is 18.0. The van der Waals surface area contributed by atoms with E-state index in [1.54, 1.807) is 24.4 Å². The Morgan fingerprint density at radius 2 is 1.79 bits per heavy atom. The van der Waals surface area contributed by atoms with Crippen LogP contribution in [-0.2, 0) is 12.8 Å². The quantitative estimate of drug-likeness (QED) is 0.495. The van der Waals surface area contributed by atoms with Gasteiger partial charge in [-0.2, -0.15) is 17.9 Å². The molecule has 4 nitrogen and oxygen atoms in total. The van der Waals surface area contributed by atoms with Crippen LogP contribution in [0.4, 0.5) is 13.2 Å². The first-order valence-electron chi connectivity index (χ1n) is 8.62. The standard InChI is InChI=1S/C21H16F3N3O/c1-14-7-9-16(10-8-14)20-26-19-18(6-3-11-25-19)27(20)28-13-15-4-2-5-17(12-15)21(22,23)24/h2-12H,13H2,1H3. The van der Waals surface area contributed by atoms with Gasteiger partial charge in [-0.15, -0.1) is 0 Å². The third kappa shape index (κ3) is 3.55. The van der Waals surface area contributed by atoms with Gasteiger partial charge in [-0.25, -0.2) is 9.97 Å². The summed E-state index contributed by atoms with van der Waals surface area (Å²) in [6.07, 6.45) is -2.76. The zero-order chi connectivity index (χ0) is 19.7. The van der Waals surface area contributed by atoms with E-state index in [1.807, 2.05) is 31.2 Å². The number of rotatable bonds is 4. The number of pyridine rings is 1. The highest BCUT2D eigenvalue weighted by molar-refractivity contribution is 5.76. The average molecular weight is 383 g/mol. The van der Waals surface area contributed by atoms with Crippen LogP contribution in [0.5, 0.6) is 0 Å². The van der Waals surface area contributed by atoms with Crippen LogP contribution < -0.4 is 4.84 Å². The van der Waals surface area contributed by atoms with Crippen molar-refractivity contribution in [3.05, 3.63) is 83.6 Å². The van der Waals surface area contributed by atoms with Gasteiger partial charge in [0.05, 0.1) is 5.56 Å². The Kier molecular flexibility index (Phi) is 4.50. The Morgan fingerprint density at radius 1 is 1.00 bits per heavy atom. The minimum atomic E-state index is -4.39. The van der Waals surface area contributed by atoms with Crippen molar-refractivity contribution in [1.82, 2.24) is 14.7 Å². The summed E-state index contributed by atoms with van der Waals surface area (Å²) >= 11 is 0. The second kappa shape index (κ2) is 6.99. The molecule has 0 unspecified atom stereocenters. The lowest BCUT2D eigenvalue weighted by Crippen LogP contribution is -2.13. The zero-order valence-electron chi connectivity index (χ0n) is 14.9. The number of nitrogens with zero attached hydrogens (tertiary/aromatic N) is 3. The van der Waals surface area contributed by atoms with Crippen LogP contribution in [0.2, 0.25) is 0 Å². The van der Waals surface area contributed by atoms with Crippen LogP contribution in [0.25, 0.3) is 22.6 Å². The number of hydrogen-bond acceptors (Lipinski definition) is 3. The van der Waals surface area contributed by atoms with Crippen LogP contribution in [0.1, 0.15) is 16.7 Å². The van der Waals surface area contributed by atoms with Crippen molar-refractivity contribution in [2.45, 2.75) is 19.7 Å². The average Bonchev–Trinajstić information content (AvgIpc) is 3.05. The molecular formula is C21H16F3N3O. The van der Waals surface area contributed by atoms with Crippen LogP contribution in [0, 0.1) is 6.92 Å². The molecule has 7 heteroatoms. The molecule has 142 valence electrons. The van der Waals surface area contributed by atoms with E-state index >= 15 is 0 Å². The fourth-order valence-electron chi connectivity index (χ4n) is 2.88. The molecule has 0 radical (unpaired) electrons. The molecule has 4 rings (SSSR count). The van der Waals surface area contributed by atoms with Crippen molar-refractivity contribution < 1.29 is 18.0 Å². The molecule has 0 fully saturated rings. The Bertz CT molecular complexity index is 1120. The minimum Gasteiger partial charge on any atom is -0.407 e. The number of alkyl halides is 3. The van der Waals surface area contributed by atoms with E-state index < -0.39 is 11.7 Å². The number of aryl methyl sites for hydroxylation is 1. The normalized spacial score (nSPS) is 11.7. The van der Waals surface area contributed by atoms with Crippen molar-refractivity contribution in [2.24, 2.45) is 0 Å². The molecule has 0 N–H and O–H groups in total. The van der Waals surface area contributed by atoms with E-state index in [-0.39, 0.29) is 6.61 Å². The molecule has 0 aliphatic heterocycles. The summed E-state index contributed by atoms with van der Waals surface area (Å²) in [5.41, 5.74) is 2.79. The van der Waals surface area contributed by atoms with Crippen LogP contribution >= 0.6 is 0 Å². The lowest BCUT2D eigenvalue weighted by Gasteiger charge is -2.13. The summed E-state index contributed by atoms with van der Waals surface area (Å²) in [5, 5.41) is 0. The predicted molar refractivity (Wildman–Crippen MR) is 99.4 cm³/mol. The van der Waals surface area contributed by atoms with Gasteiger partial charge < -0.3 is 4.84 Å². The summed E-state index contributed by atoms with van der Waals surface area (Å²) in [4.78, 5) is 14.7. The summed E-state index contributed by atoms with van der Waals surface area (Å²) in [6.45, 7) is 1.95. The Balaban J connectivity index is 1.70. The minimum absolute atomic E-state index is 0.0386. The van der Waals surface area contributed by atoms with E-state index in [1.165, 1.54) is 10.8 Å². The van der Waals surface area contributed by atoms with E-state index in [0.29, 0.717) is 22.6 Å². The number of fused-ring (bicyclic) bond motifs is 1. The fourth-order valence-corrected chi connectivity index (χ4v) is 2.88. The van der Waals surface area contributed by atoms with Crippen LogP contribution in [-0.4, -0.2) is 14.7 Å². The third-order valence-electron chi connectivity index (χ3n) is 4.31. The summed E-state index contributed by atoms with van der Waals surface area (Å²) in [6, 6.07) is 16.4. The van der Waals surface area contributed by atoms with E-state index in [4.69, 9.17) is 4.84 Å². The fraction of sp³-hybridized carbons (Fsp3) is 0.143. The van der Waals surface area contributed by atoms with Gasteiger partial charge in [0.1, 0.15) is 12.1 Å². The number of aromatic nitrogens is 3. The first-order chi connectivity index (χ1) is 13.4. The molecule has 2 heterocycles. The van der Waals surface area contributed by atoms with Crippen molar-refractivity contribution in [1.29, 1.82) is 0 Å². The largest absolute Gasteiger partial charge is 0.416 e. The van der Waals surface area contributed by atoms with Gasteiger partial charge in [-0.05, 0) is 36.8 Å². The Morgan fingerprint density at radius 3 is 2.54 bits per heavy atom. The molecule has 0 spiro atoms. The van der Waals surface area contributed by atoms with E-state index in [9.17, 15) is 13.2 Å². The molecule has 0 aliphatic carbocycles. The molecule has 2 aromatic carbocycles. The van der Waals surface area contributed by atoms with Gasteiger partial charge in [-0.3, -0.25) is 0 Å².